The van der Waals surface area contributed by atoms with Crippen molar-refractivity contribution in [3.05, 3.63) is 0 Å². The highest BCUT2D eigenvalue weighted by Gasteiger charge is 2.41. The Morgan fingerprint density at radius 3 is 2.43 bits per heavy atom. The number of nitrogens with two attached hydrogens (primary N) is 1. The van der Waals surface area contributed by atoms with Crippen LogP contribution in [0.25, 0.3) is 0 Å². The van der Waals surface area contributed by atoms with Gasteiger partial charge in [0.25, 0.3) is 0 Å². The quantitative estimate of drug-likeness (QED) is 0.370. The maximum Gasteiger partial charge on any atom is 0.324 e. The normalized spacial score (nSPS) is 14.5. The van der Waals surface area contributed by atoms with Crippen molar-refractivity contribution in [3.8, 4) is 0 Å². The van der Waals surface area contributed by atoms with Crippen molar-refractivity contribution < 1.29 is 19.4 Å². The van der Waals surface area contributed by atoms with Gasteiger partial charge in [-0.1, -0.05) is 13.3 Å². The molecule has 0 spiro atoms. The van der Waals surface area contributed by atoms with Gasteiger partial charge in [-0.05, 0) is 13.3 Å². The molecule has 0 aromatic carbocycles. The van der Waals surface area contributed by atoms with E-state index in [1.807, 2.05) is 6.92 Å². The number of carboxylic acids is 1. The first-order valence-corrected chi connectivity index (χ1v) is 4.59. The molecule has 0 rings (SSSR count). The molecule has 0 bridgehead atoms. The number of carbonyl (C=O) groups excluding carboxylic acids is 1. The van der Waals surface area contributed by atoms with Gasteiger partial charge in [0.05, 0.1) is 6.61 Å². The Hall–Kier alpha value is -1.10. The molecule has 0 radical (unpaired) electrons. The van der Waals surface area contributed by atoms with Crippen LogP contribution >= 0.6 is 0 Å². The first kappa shape index (κ1) is 12.9. The lowest BCUT2D eigenvalue weighted by Crippen LogP contribution is -2.44. The lowest BCUT2D eigenvalue weighted by molar-refractivity contribution is -0.166. The number of ether oxygens (including phenoxy) is 1. The fourth-order valence-electron chi connectivity index (χ4n) is 0.726. The van der Waals surface area contributed by atoms with Gasteiger partial charge in [-0.3, -0.25) is 9.59 Å². The summed E-state index contributed by atoms with van der Waals surface area (Å²) in [5.74, 6) is -2.01. The van der Waals surface area contributed by atoms with Gasteiger partial charge in [0, 0.05) is 6.54 Å². The van der Waals surface area contributed by atoms with Crippen molar-refractivity contribution in [1.29, 1.82) is 0 Å². The van der Waals surface area contributed by atoms with E-state index in [0.29, 0.717) is 0 Å². The van der Waals surface area contributed by atoms with Crippen LogP contribution in [0.5, 0.6) is 0 Å². The molecule has 1 unspecified atom stereocenters. The van der Waals surface area contributed by atoms with Crippen molar-refractivity contribution >= 4 is 11.9 Å². The number of hydrogen-bond donors (Lipinski definition) is 2. The Balaban J connectivity index is 4.25. The third-order valence-corrected chi connectivity index (χ3v) is 2.06. The number of carboxylic acid groups (broad SMARTS) is 1. The summed E-state index contributed by atoms with van der Waals surface area (Å²) >= 11 is 0. The Bertz CT molecular complexity index is 217. The summed E-state index contributed by atoms with van der Waals surface area (Å²) in [6.45, 7) is 3.21. The fourth-order valence-corrected chi connectivity index (χ4v) is 0.726. The second-order valence-corrected chi connectivity index (χ2v) is 3.33. The Kier molecular flexibility index (Phi) is 5.15. The molecule has 0 aromatic rings. The van der Waals surface area contributed by atoms with Crippen LogP contribution < -0.4 is 5.73 Å². The van der Waals surface area contributed by atoms with Crippen LogP contribution in [0.15, 0.2) is 0 Å². The minimum Gasteiger partial charge on any atom is -0.480 e. The minimum atomic E-state index is -1.62. The average Bonchev–Trinajstić information content (AvgIpc) is 2.16. The van der Waals surface area contributed by atoms with E-state index < -0.39 is 17.4 Å². The molecule has 0 fully saturated rings. The van der Waals surface area contributed by atoms with Gasteiger partial charge in [-0.15, -0.1) is 0 Å². The summed E-state index contributed by atoms with van der Waals surface area (Å²) in [6.07, 6.45) is 1.62. The Morgan fingerprint density at radius 2 is 2.07 bits per heavy atom. The summed E-state index contributed by atoms with van der Waals surface area (Å²) < 4.78 is 4.80. The first-order chi connectivity index (χ1) is 6.49. The van der Waals surface area contributed by atoms with E-state index in [2.05, 4.69) is 0 Å². The lowest BCUT2D eigenvalue weighted by Gasteiger charge is -2.20. The third kappa shape index (κ3) is 2.99. The van der Waals surface area contributed by atoms with Crippen molar-refractivity contribution in [2.75, 3.05) is 13.2 Å². The highest BCUT2D eigenvalue weighted by molar-refractivity contribution is 5.98. The molecule has 0 aromatic heterocycles. The standard InChI is InChI=1S/C9H17NO4/c1-3-4-5-14-8(13)9(2,6-10)7(11)12/h3-6,10H2,1-2H3,(H,11,12). The molecule has 82 valence electrons. The van der Waals surface area contributed by atoms with Crippen LogP contribution in [-0.4, -0.2) is 30.2 Å². The van der Waals surface area contributed by atoms with E-state index in [9.17, 15) is 9.59 Å². The van der Waals surface area contributed by atoms with Crippen LogP contribution in [0, 0.1) is 5.41 Å². The van der Waals surface area contributed by atoms with Crippen LogP contribution in [0.4, 0.5) is 0 Å². The van der Waals surface area contributed by atoms with E-state index in [1.165, 1.54) is 6.92 Å². The predicted octanol–water partition coefficient (Wildman–Crippen LogP) is 0.379. The monoisotopic (exact) mass is 203 g/mol. The van der Waals surface area contributed by atoms with Gasteiger partial charge in [-0.2, -0.15) is 0 Å². The smallest absolute Gasteiger partial charge is 0.324 e. The zero-order chi connectivity index (χ0) is 11.2. The second-order valence-electron chi connectivity index (χ2n) is 3.33. The van der Waals surface area contributed by atoms with E-state index in [-0.39, 0.29) is 13.2 Å². The molecular weight excluding hydrogens is 186 g/mol. The third-order valence-electron chi connectivity index (χ3n) is 2.06. The van der Waals surface area contributed by atoms with Gasteiger partial charge in [0.1, 0.15) is 0 Å². The maximum atomic E-state index is 11.3. The van der Waals surface area contributed by atoms with Crippen molar-refractivity contribution in [2.24, 2.45) is 11.1 Å². The molecule has 0 amide bonds. The predicted molar refractivity (Wildman–Crippen MR) is 50.7 cm³/mol. The summed E-state index contributed by atoms with van der Waals surface area (Å²) in [5, 5.41) is 8.78. The highest BCUT2D eigenvalue weighted by atomic mass is 16.5. The second kappa shape index (κ2) is 5.59. The molecule has 0 saturated carbocycles. The van der Waals surface area contributed by atoms with E-state index in [1.54, 1.807) is 0 Å². The van der Waals surface area contributed by atoms with E-state index >= 15 is 0 Å². The summed E-state index contributed by atoms with van der Waals surface area (Å²) in [4.78, 5) is 22.1. The lowest BCUT2D eigenvalue weighted by atomic mass is 9.91. The molecule has 3 N–H and O–H groups in total. The molecule has 0 heterocycles. The number of aliphatic carboxylic acids is 1. The number of hydrogen-bond acceptors (Lipinski definition) is 4. The first-order valence-electron chi connectivity index (χ1n) is 4.59. The maximum absolute atomic E-state index is 11.3. The Labute approximate surface area is 83.2 Å². The molecule has 0 saturated heterocycles. The van der Waals surface area contributed by atoms with E-state index in [0.717, 1.165) is 12.8 Å². The molecule has 1 atom stereocenters. The molecule has 0 aliphatic heterocycles. The van der Waals surface area contributed by atoms with Gasteiger partial charge in [0.15, 0.2) is 5.41 Å². The number of unbranched alkanes of at least 4 members (excludes halogenated alkanes) is 1. The molecule has 0 aliphatic carbocycles. The molecule has 5 heteroatoms. The molecule has 14 heavy (non-hydrogen) atoms. The van der Waals surface area contributed by atoms with Gasteiger partial charge >= 0.3 is 11.9 Å². The van der Waals surface area contributed by atoms with Crippen LogP contribution in [0.3, 0.4) is 0 Å². The molecular formula is C9H17NO4. The SMILES string of the molecule is CCCCOC(=O)C(C)(CN)C(=O)O. The van der Waals surface area contributed by atoms with Crippen LogP contribution in [0.2, 0.25) is 0 Å². The Morgan fingerprint density at radius 1 is 1.50 bits per heavy atom. The van der Waals surface area contributed by atoms with Gasteiger partial charge < -0.3 is 15.6 Å². The molecule has 0 aliphatic rings. The van der Waals surface area contributed by atoms with Crippen LogP contribution in [-0.2, 0) is 14.3 Å². The summed E-state index contributed by atoms with van der Waals surface area (Å²) in [7, 11) is 0. The highest BCUT2D eigenvalue weighted by Crippen LogP contribution is 2.17. The average molecular weight is 203 g/mol. The topological polar surface area (TPSA) is 89.6 Å². The largest absolute Gasteiger partial charge is 0.480 e. The molecule has 5 nitrogen and oxygen atoms in total. The van der Waals surface area contributed by atoms with Gasteiger partial charge in [0.2, 0.25) is 0 Å². The van der Waals surface area contributed by atoms with Gasteiger partial charge in [-0.25, -0.2) is 0 Å². The van der Waals surface area contributed by atoms with E-state index in [4.69, 9.17) is 15.6 Å². The zero-order valence-electron chi connectivity index (χ0n) is 8.58. The fraction of sp³-hybridized carbons (Fsp3) is 0.778. The number of esters is 1. The summed E-state index contributed by atoms with van der Waals surface area (Å²) in [6, 6.07) is 0. The van der Waals surface area contributed by atoms with Crippen molar-refractivity contribution in [1.82, 2.24) is 0 Å². The zero-order valence-corrected chi connectivity index (χ0v) is 8.58. The minimum absolute atomic E-state index is 0.248. The van der Waals surface area contributed by atoms with Crippen LogP contribution in [0.1, 0.15) is 26.7 Å². The number of carbonyl (C=O) groups is 2. The van der Waals surface area contributed by atoms with Crippen molar-refractivity contribution in [2.45, 2.75) is 26.7 Å². The van der Waals surface area contributed by atoms with Crippen molar-refractivity contribution in [3.63, 3.8) is 0 Å². The summed E-state index contributed by atoms with van der Waals surface area (Å²) in [5.41, 5.74) is 3.61. The number of rotatable bonds is 6.